The van der Waals surface area contributed by atoms with Gasteiger partial charge in [0.1, 0.15) is 0 Å². The Hall–Kier alpha value is -3.13. The molecule has 9 heteroatoms. The van der Waals surface area contributed by atoms with Crippen LogP contribution in [0.4, 0.5) is 0 Å². The largest absolute Gasteiger partial charge is 0.272 e. The van der Waals surface area contributed by atoms with Gasteiger partial charge in [-0.3, -0.25) is 14.2 Å². The first-order valence-corrected chi connectivity index (χ1v) is 11.2. The molecule has 3 aromatic carbocycles. The number of hydrogen-bond acceptors (Lipinski definition) is 5. The van der Waals surface area contributed by atoms with Crippen LogP contribution in [0.1, 0.15) is 5.56 Å². The van der Waals surface area contributed by atoms with E-state index in [9.17, 15) is 9.59 Å². The average molecular weight is 483 g/mol. The molecule has 1 heterocycles. The van der Waals surface area contributed by atoms with Crippen molar-refractivity contribution < 1.29 is 4.79 Å². The molecule has 0 radical (unpaired) electrons. The van der Waals surface area contributed by atoms with Crippen molar-refractivity contribution in [2.24, 2.45) is 5.10 Å². The molecule has 1 N–H and O–H groups in total. The molecule has 0 aliphatic carbocycles. The molecule has 32 heavy (non-hydrogen) atoms. The van der Waals surface area contributed by atoms with Crippen LogP contribution in [-0.4, -0.2) is 27.4 Å². The summed E-state index contributed by atoms with van der Waals surface area (Å²) in [6.07, 6.45) is 1.51. The second-order valence-electron chi connectivity index (χ2n) is 6.67. The van der Waals surface area contributed by atoms with Gasteiger partial charge in [0.2, 0.25) is 0 Å². The maximum absolute atomic E-state index is 13.2. The van der Waals surface area contributed by atoms with Crippen LogP contribution in [0, 0.1) is 0 Å². The molecule has 0 bridgehead atoms. The molecule has 1 amide bonds. The molecular weight excluding hydrogens is 467 g/mol. The summed E-state index contributed by atoms with van der Waals surface area (Å²) >= 11 is 13.1. The fraction of sp³-hybridized carbons (Fsp3) is 0.0435. The van der Waals surface area contributed by atoms with E-state index >= 15 is 0 Å². The van der Waals surface area contributed by atoms with Crippen molar-refractivity contribution >= 4 is 58.0 Å². The summed E-state index contributed by atoms with van der Waals surface area (Å²) in [4.78, 5) is 30.1. The van der Waals surface area contributed by atoms with E-state index in [1.165, 1.54) is 10.8 Å². The van der Waals surface area contributed by atoms with Gasteiger partial charge >= 0.3 is 0 Å². The monoisotopic (exact) mass is 482 g/mol. The summed E-state index contributed by atoms with van der Waals surface area (Å²) < 4.78 is 1.48. The third-order valence-corrected chi connectivity index (χ3v) is 5.84. The van der Waals surface area contributed by atoms with Gasteiger partial charge in [-0.15, -0.1) is 0 Å². The minimum absolute atomic E-state index is 0.0191. The van der Waals surface area contributed by atoms with Crippen molar-refractivity contribution in [1.29, 1.82) is 0 Å². The minimum Gasteiger partial charge on any atom is -0.272 e. The normalized spacial score (nSPS) is 11.2. The molecular formula is C23H16Cl2N4O2S. The predicted molar refractivity (Wildman–Crippen MR) is 130 cm³/mol. The Morgan fingerprint density at radius 3 is 2.59 bits per heavy atom. The van der Waals surface area contributed by atoms with Gasteiger partial charge < -0.3 is 0 Å². The number of thioether (sulfide) groups is 1. The fourth-order valence-corrected chi connectivity index (χ4v) is 4.08. The molecule has 4 rings (SSSR count). The van der Waals surface area contributed by atoms with E-state index in [2.05, 4.69) is 15.5 Å². The zero-order valence-electron chi connectivity index (χ0n) is 16.5. The van der Waals surface area contributed by atoms with Crippen LogP contribution >= 0.6 is 35.0 Å². The summed E-state index contributed by atoms with van der Waals surface area (Å²) in [6.45, 7) is 0. The summed E-state index contributed by atoms with van der Waals surface area (Å²) in [5.74, 6) is -0.316. The second-order valence-corrected chi connectivity index (χ2v) is 8.48. The van der Waals surface area contributed by atoms with Crippen molar-refractivity contribution in [3.05, 3.63) is 98.8 Å². The average Bonchev–Trinajstić information content (AvgIpc) is 2.79. The summed E-state index contributed by atoms with van der Waals surface area (Å²) in [7, 11) is 0. The number of fused-ring (bicyclic) bond motifs is 1. The number of carbonyl (C=O) groups excluding carboxylic acids is 1. The van der Waals surface area contributed by atoms with Gasteiger partial charge in [-0.25, -0.2) is 10.4 Å². The second kappa shape index (κ2) is 9.99. The van der Waals surface area contributed by atoms with E-state index in [0.717, 1.165) is 17.3 Å². The Balaban J connectivity index is 1.56. The van der Waals surface area contributed by atoms with E-state index < -0.39 is 0 Å². The van der Waals surface area contributed by atoms with Crippen LogP contribution in [0.15, 0.2) is 87.8 Å². The van der Waals surface area contributed by atoms with E-state index in [1.807, 2.05) is 12.1 Å². The summed E-state index contributed by atoms with van der Waals surface area (Å²) in [5, 5.41) is 5.97. The molecule has 0 atom stereocenters. The molecule has 0 aliphatic rings. The quantitative estimate of drug-likeness (QED) is 0.183. The van der Waals surface area contributed by atoms with Crippen LogP contribution in [-0.2, 0) is 4.79 Å². The van der Waals surface area contributed by atoms with E-state index in [4.69, 9.17) is 23.2 Å². The van der Waals surface area contributed by atoms with Gasteiger partial charge in [0.15, 0.2) is 5.16 Å². The van der Waals surface area contributed by atoms with Gasteiger partial charge in [-0.2, -0.15) is 5.10 Å². The fourth-order valence-electron chi connectivity index (χ4n) is 2.96. The third kappa shape index (κ3) is 5.19. The molecule has 0 saturated carbocycles. The first kappa shape index (κ1) is 22.1. The summed E-state index contributed by atoms with van der Waals surface area (Å²) in [5.41, 5.74) is 4.18. The highest BCUT2D eigenvalue weighted by Gasteiger charge is 2.14. The van der Waals surface area contributed by atoms with E-state index in [1.54, 1.807) is 60.7 Å². The number of nitrogens with zero attached hydrogens (tertiary/aromatic N) is 3. The predicted octanol–water partition coefficient (Wildman–Crippen LogP) is 4.93. The van der Waals surface area contributed by atoms with Crippen LogP contribution in [0.2, 0.25) is 10.0 Å². The van der Waals surface area contributed by atoms with Gasteiger partial charge in [-0.05, 0) is 54.1 Å². The van der Waals surface area contributed by atoms with Crippen LogP contribution in [0.5, 0.6) is 0 Å². The van der Waals surface area contributed by atoms with Crippen LogP contribution in [0.25, 0.3) is 16.6 Å². The molecule has 0 spiro atoms. The van der Waals surface area contributed by atoms with Crippen molar-refractivity contribution in [2.75, 3.05) is 5.75 Å². The number of nitrogens with one attached hydrogen (secondary N) is 1. The lowest BCUT2D eigenvalue weighted by Gasteiger charge is -2.13. The number of carbonyl (C=O) groups is 1. The van der Waals surface area contributed by atoms with Gasteiger partial charge in [0, 0.05) is 10.0 Å². The molecule has 0 aliphatic heterocycles. The molecule has 1 aromatic heterocycles. The minimum atomic E-state index is -0.335. The number of hydrazone groups is 1. The maximum atomic E-state index is 13.2. The highest BCUT2D eigenvalue weighted by molar-refractivity contribution is 7.99. The number of aromatic nitrogens is 2. The number of hydrogen-bond donors (Lipinski definition) is 1. The lowest BCUT2D eigenvalue weighted by molar-refractivity contribution is -0.118. The first-order chi connectivity index (χ1) is 15.5. The Bertz CT molecular complexity index is 1370. The number of halogens is 2. The Labute approximate surface area is 197 Å². The lowest BCUT2D eigenvalue weighted by Crippen LogP contribution is -2.24. The van der Waals surface area contributed by atoms with Crippen molar-refractivity contribution in [1.82, 2.24) is 15.0 Å². The van der Waals surface area contributed by atoms with Crippen LogP contribution in [0.3, 0.4) is 0 Å². The maximum Gasteiger partial charge on any atom is 0.266 e. The van der Waals surface area contributed by atoms with Gasteiger partial charge in [0.25, 0.3) is 11.5 Å². The van der Waals surface area contributed by atoms with Gasteiger partial charge in [-0.1, -0.05) is 59.2 Å². The first-order valence-electron chi connectivity index (χ1n) is 9.49. The summed E-state index contributed by atoms with van der Waals surface area (Å²) in [6, 6.07) is 21.1. The molecule has 0 unspecified atom stereocenters. The Morgan fingerprint density at radius 2 is 1.81 bits per heavy atom. The molecule has 0 saturated heterocycles. The molecule has 0 fully saturated rings. The van der Waals surface area contributed by atoms with Crippen molar-refractivity contribution in [2.45, 2.75) is 5.16 Å². The topological polar surface area (TPSA) is 76.3 Å². The van der Waals surface area contributed by atoms with E-state index in [-0.39, 0.29) is 17.2 Å². The molecule has 4 aromatic rings. The van der Waals surface area contributed by atoms with Crippen molar-refractivity contribution in [3.63, 3.8) is 0 Å². The molecule has 160 valence electrons. The SMILES string of the molecule is O=C(CSc1nc2ccccc2c(=O)n1-c1ccc(Cl)cc1)NN=Cc1cccc(Cl)c1. The highest BCUT2D eigenvalue weighted by Crippen LogP contribution is 2.22. The van der Waals surface area contributed by atoms with Crippen LogP contribution < -0.4 is 11.0 Å². The zero-order valence-corrected chi connectivity index (χ0v) is 18.9. The standard InChI is InChI=1S/C23H16Cl2N4O2S/c24-16-8-10-18(11-9-16)29-22(31)19-6-1-2-7-20(19)27-23(29)32-14-21(30)28-26-13-15-4-3-5-17(25)12-15/h1-13H,14H2,(H,28,30). The number of amides is 1. The zero-order chi connectivity index (χ0) is 22.5. The number of para-hydroxylation sites is 1. The van der Waals surface area contributed by atoms with Gasteiger partial charge in [0.05, 0.1) is 28.6 Å². The Kier molecular flexibility index (Phi) is 6.90. The Morgan fingerprint density at radius 1 is 1.03 bits per heavy atom. The lowest BCUT2D eigenvalue weighted by atomic mass is 10.2. The highest BCUT2D eigenvalue weighted by atomic mass is 35.5. The smallest absolute Gasteiger partial charge is 0.266 e. The number of rotatable bonds is 6. The molecule has 6 nitrogen and oxygen atoms in total. The van der Waals surface area contributed by atoms with E-state index in [0.29, 0.717) is 31.8 Å². The number of benzene rings is 3. The third-order valence-electron chi connectivity index (χ3n) is 4.41. The van der Waals surface area contributed by atoms with Crippen molar-refractivity contribution in [3.8, 4) is 5.69 Å².